The number of hydrogen-bond donors (Lipinski definition) is 1. The maximum absolute atomic E-state index is 11.3. The van der Waals surface area contributed by atoms with Crippen LogP contribution in [0.1, 0.15) is 18.9 Å². The molecule has 1 rings (SSSR count). The third-order valence-electron chi connectivity index (χ3n) is 2.71. The van der Waals surface area contributed by atoms with E-state index < -0.39 is 9.84 Å². The zero-order chi connectivity index (χ0) is 13.4. The second-order valence-corrected chi connectivity index (χ2v) is 7.01. The van der Waals surface area contributed by atoms with Crippen LogP contribution < -0.4 is 5.32 Å². The molecule has 0 aliphatic heterocycles. The van der Waals surface area contributed by atoms with Crippen LogP contribution in [-0.4, -0.2) is 32.3 Å². The van der Waals surface area contributed by atoms with Gasteiger partial charge in [0.2, 0.25) is 0 Å². The van der Waals surface area contributed by atoms with Crippen LogP contribution in [0.2, 0.25) is 0 Å². The lowest BCUT2D eigenvalue weighted by Crippen LogP contribution is -2.17. The average molecular weight is 290 g/mol. The minimum absolute atomic E-state index is 0.176. The fourth-order valence-corrected chi connectivity index (χ4v) is 2.44. The highest BCUT2D eigenvalue weighted by Crippen LogP contribution is 2.12. The van der Waals surface area contributed by atoms with Crippen molar-refractivity contribution < 1.29 is 8.42 Å². The normalized spacial score (nSPS) is 11.4. The van der Waals surface area contributed by atoms with Crippen molar-refractivity contribution in [2.24, 2.45) is 0 Å². The van der Waals surface area contributed by atoms with Crippen LogP contribution in [0.4, 0.5) is 5.69 Å². The maximum Gasteiger partial charge on any atom is 0.151 e. The van der Waals surface area contributed by atoms with Gasteiger partial charge in [0.15, 0.2) is 9.84 Å². The molecule has 0 saturated carbocycles. The molecule has 0 aliphatic rings. The van der Waals surface area contributed by atoms with E-state index in [9.17, 15) is 8.42 Å². The molecule has 0 amide bonds. The summed E-state index contributed by atoms with van der Waals surface area (Å²) in [7, 11) is -2.89. The molecule has 0 radical (unpaired) electrons. The first-order valence-corrected chi connectivity index (χ1v) is 8.52. The summed E-state index contributed by atoms with van der Waals surface area (Å²) in [5.41, 5.74) is 2.19. The van der Waals surface area contributed by atoms with Gasteiger partial charge < -0.3 is 5.32 Å². The van der Waals surface area contributed by atoms with Crippen LogP contribution in [0.5, 0.6) is 0 Å². The fraction of sp³-hybridized carbons (Fsp3) is 0.538. The van der Waals surface area contributed by atoms with Gasteiger partial charge in [-0.2, -0.15) is 0 Å². The molecule has 0 heterocycles. The van der Waals surface area contributed by atoms with Gasteiger partial charge in [-0.3, -0.25) is 0 Å². The van der Waals surface area contributed by atoms with Crippen molar-refractivity contribution in [1.29, 1.82) is 0 Å². The van der Waals surface area contributed by atoms with Gasteiger partial charge in [0, 0.05) is 23.9 Å². The van der Waals surface area contributed by atoms with Crippen molar-refractivity contribution in [3.05, 3.63) is 29.8 Å². The van der Waals surface area contributed by atoms with E-state index in [0.717, 1.165) is 18.5 Å². The highest BCUT2D eigenvalue weighted by atomic mass is 35.5. The van der Waals surface area contributed by atoms with Gasteiger partial charge in [0.1, 0.15) is 0 Å². The SMILES string of the molecule is CCS(=O)(=O)CCNc1cccc(CCCCl)c1. The molecule has 3 nitrogen and oxygen atoms in total. The predicted molar refractivity (Wildman–Crippen MR) is 78.3 cm³/mol. The van der Waals surface area contributed by atoms with Crippen LogP contribution >= 0.6 is 11.6 Å². The summed E-state index contributed by atoms with van der Waals surface area (Å²) in [5.74, 6) is 1.03. The molecule has 5 heteroatoms. The van der Waals surface area contributed by atoms with Crippen LogP contribution in [0.3, 0.4) is 0 Å². The Morgan fingerprint density at radius 3 is 2.78 bits per heavy atom. The maximum atomic E-state index is 11.3. The molecule has 0 spiro atoms. The Hall–Kier alpha value is -0.740. The van der Waals surface area contributed by atoms with Gasteiger partial charge in [-0.15, -0.1) is 11.6 Å². The molecule has 1 aromatic rings. The third kappa shape index (κ3) is 5.74. The number of aryl methyl sites for hydroxylation is 1. The standard InChI is InChI=1S/C13H20ClNO2S/c1-2-18(16,17)10-9-15-13-7-3-5-12(11-13)6-4-8-14/h3,5,7,11,15H,2,4,6,8-10H2,1H3. The van der Waals surface area contributed by atoms with Crippen molar-refractivity contribution >= 4 is 27.1 Å². The van der Waals surface area contributed by atoms with Crippen LogP contribution in [0, 0.1) is 0 Å². The molecule has 0 fully saturated rings. The number of rotatable bonds is 8. The van der Waals surface area contributed by atoms with E-state index in [0.29, 0.717) is 12.4 Å². The van der Waals surface area contributed by atoms with Crippen LogP contribution in [0.15, 0.2) is 24.3 Å². The molecule has 1 aromatic carbocycles. The number of alkyl halides is 1. The number of sulfone groups is 1. The Bertz CT molecular complexity index is 460. The van der Waals surface area contributed by atoms with Gasteiger partial charge in [-0.25, -0.2) is 8.42 Å². The highest BCUT2D eigenvalue weighted by Gasteiger charge is 2.06. The number of hydrogen-bond acceptors (Lipinski definition) is 3. The second kappa shape index (κ2) is 7.64. The first kappa shape index (κ1) is 15.3. The lowest BCUT2D eigenvalue weighted by molar-refractivity contribution is 0.597. The first-order valence-electron chi connectivity index (χ1n) is 6.16. The molecule has 1 N–H and O–H groups in total. The smallest absolute Gasteiger partial charge is 0.151 e. The second-order valence-electron chi connectivity index (χ2n) is 4.16. The van der Waals surface area contributed by atoms with Gasteiger partial charge in [-0.1, -0.05) is 19.1 Å². The first-order chi connectivity index (χ1) is 8.57. The van der Waals surface area contributed by atoms with Crippen LogP contribution in [-0.2, 0) is 16.3 Å². The molecular weight excluding hydrogens is 270 g/mol. The fourth-order valence-electron chi connectivity index (χ4n) is 1.60. The summed E-state index contributed by atoms with van der Waals surface area (Å²) in [5, 5.41) is 3.14. The van der Waals surface area contributed by atoms with Gasteiger partial charge in [0.25, 0.3) is 0 Å². The third-order valence-corrected chi connectivity index (χ3v) is 4.68. The van der Waals surface area contributed by atoms with E-state index in [-0.39, 0.29) is 11.5 Å². The van der Waals surface area contributed by atoms with Gasteiger partial charge in [-0.05, 0) is 30.5 Å². The Kier molecular flexibility index (Phi) is 6.50. The number of benzene rings is 1. The summed E-state index contributed by atoms with van der Waals surface area (Å²) < 4.78 is 22.7. The van der Waals surface area contributed by atoms with Crippen molar-refractivity contribution in [2.75, 3.05) is 29.2 Å². The monoisotopic (exact) mass is 289 g/mol. The molecule has 0 aliphatic carbocycles. The van der Waals surface area contributed by atoms with Gasteiger partial charge in [0.05, 0.1) is 5.75 Å². The molecule has 0 saturated heterocycles. The Balaban J connectivity index is 2.47. The Morgan fingerprint density at radius 1 is 1.33 bits per heavy atom. The molecule has 0 bridgehead atoms. The topological polar surface area (TPSA) is 46.2 Å². The number of nitrogens with one attached hydrogen (secondary N) is 1. The summed E-state index contributed by atoms with van der Waals surface area (Å²) in [6, 6.07) is 8.02. The van der Waals surface area contributed by atoms with E-state index in [2.05, 4.69) is 11.4 Å². The molecule has 0 unspecified atom stereocenters. The molecule has 18 heavy (non-hydrogen) atoms. The largest absolute Gasteiger partial charge is 0.384 e. The Labute approximate surface area is 114 Å². The predicted octanol–water partition coefficient (Wildman–Crippen LogP) is 2.70. The van der Waals surface area contributed by atoms with E-state index in [1.165, 1.54) is 5.56 Å². The van der Waals surface area contributed by atoms with E-state index in [4.69, 9.17) is 11.6 Å². The molecule has 0 aromatic heterocycles. The highest BCUT2D eigenvalue weighted by molar-refractivity contribution is 7.91. The van der Waals surface area contributed by atoms with E-state index in [1.807, 2.05) is 18.2 Å². The van der Waals surface area contributed by atoms with Crippen LogP contribution in [0.25, 0.3) is 0 Å². The zero-order valence-corrected chi connectivity index (χ0v) is 12.2. The van der Waals surface area contributed by atoms with Crippen molar-refractivity contribution in [3.8, 4) is 0 Å². The minimum Gasteiger partial charge on any atom is -0.384 e. The van der Waals surface area contributed by atoms with Crippen molar-refractivity contribution in [2.45, 2.75) is 19.8 Å². The summed E-state index contributed by atoms with van der Waals surface area (Å²) in [6.45, 7) is 2.12. The quantitative estimate of drug-likeness (QED) is 0.749. The Morgan fingerprint density at radius 2 is 2.11 bits per heavy atom. The zero-order valence-electron chi connectivity index (χ0n) is 10.7. The van der Waals surface area contributed by atoms with Gasteiger partial charge >= 0.3 is 0 Å². The summed E-state index contributed by atoms with van der Waals surface area (Å²) in [6.07, 6.45) is 1.90. The summed E-state index contributed by atoms with van der Waals surface area (Å²) >= 11 is 5.66. The number of halogens is 1. The lowest BCUT2D eigenvalue weighted by Gasteiger charge is -2.08. The lowest BCUT2D eigenvalue weighted by atomic mass is 10.1. The van der Waals surface area contributed by atoms with Crippen molar-refractivity contribution in [1.82, 2.24) is 0 Å². The van der Waals surface area contributed by atoms with E-state index >= 15 is 0 Å². The minimum atomic E-state index is -2.89. The van der Waals surface area contributed by atoms with Crippen molar-refractivity contribution in [3.63, 3.8) is 0 Å². The summed E-state index contributed by atoms with van der Waals surface area (Å²) in [4.78, 5) is 0. The van der Waals surface area contributed by atoms with E-state index in [1.54, 1.807) is 6.92 Å². The molecular formula is C13H20ClNO2S. The number of anilines is 1. The molecule has 102 valence electrons. The molecule has 0 atom stereocenters. The average Bonchev–Trinajstić information content (AvgIpc) is 2.37.